The molecule has 0 N–H and O–H groups in total. The molecule has 4 aromatic rings. The number of thiophene rings is 2. The van der Waals surface area contributed by atoms with Crippen LogP contribution >= 0.6 is 34.3 Å². The van der Waals surface area contributed by atoms with Gasteiger partial charge in [-0.1, -0.05) is 72.3 Å². The van der Waals surface area contributed by atoms with Crippen molar-refractivity contribution in [1.29, 1.82) is 0 Å². The molecule has 0 spiro atoms. The third-order valence-electron chi connectivity index (χ3n) is 4.41. The van der Waals surface area contributed by atoms with Crippen LogP contribution in [0.2, 0.25) is 4.34 Å². The molecule has 0 aliphatic carbocycles. The van der Waals surface area contributed by atoms with Crippen molar-refractivity contribution in [3.05, 3.63) is 93.6 Å². The Morgan fingerprint density at radius 2 is 1.33 bits per heavy atom. The molecule has 0 aliphatic heterocycles. The van der Waals surface area contributed by atoms with Gasteiger partial charge in [0.15, 0.2) is 0 Å². The van der Waals surface area contributed by atoms with Gasteiger partial charge in [-0.2, -0.15) is 0 Å². The van der Waals surface area contributed by atoms with Crippen LogP contribution in [0, 0.1) is 0 Å². The highest BCUT2D eigenvalue weighted by Crippen LogP contribution is 2.35. The lowest BCUT2D eigenvalue weighted by Gasteiger charge is -1.98. The average Bonchev–Trinajstić information content (AvgIpc) is 3.49. The number of esters is 2. The fraction of sp³-hybridized carbons (Fsp3) is 0.154. The van der Waals surface area contributed by atoms with Gasteiger partial charge in [0.05, 0.1) is 24.3 Å². The van der Waals surface area contributed by atoms with Gasteiger partial charge in [-0.15, -0.1) is 22.7 Å². The zero-order valence-electron chi connectivity index (χ0n) is 18.2. The molecule has 2 heterocycles. The summed E-state index contributed by atoms with van der Waals surface area (Å²) in [6.07, 6.45) is 0. The Kier molecular flexibility index (Phi) is 9.24. The minimum absolute atomic E-state index is 0.249. The van der Waals surface area contributed by atoms with E-state index in [0.717, 1.165) is 20.9 Å². The van der Waals surface area contributed by atoms with Crippen LogP contribution in [-0.4, -0.2) is 25.2 Å². The number of rotatable bonds is 6. The van der Waals surface area contributed by atoms with Gasteiger partial charge in [-0.3, -0.25) is 0 Å². The lowest BCUT2D eigenvalue weighted by Crippen LogP contribution is -2.03. The lowest BCUT2D eigenvalue weighted by atomic mass is 10.2. The van der Waals surface area contributed by atoms with E-state index in [1.165, 1.54) is 11.3 Å². The van der Waals surface area contributed by atoms with Crippen LogP contribution in [-0.2, 0) is 9.47 Å². The number of carbonyl (C=O) groups is 2. The number of hydrogen-bond donors (Lipinski definition) is 0. The Hall–Kier alpha value is -2.93. The van der Waals surface area contributed by atoms with Gasteiger partial charge in [0.2, 0.25) is 0 Å². The lowest BCUT2D eigenvalue weighted by molar-refractivity contribution is 0.0517. The molecule has 4 rings (SSSR count). The first kappa shape index (κ1) is 24.7. The second-order valence-corrected chi connectivity index (χ2v) is 9.24. The van der Waals surface area contributed by atoms with Gasteiger partial charge in [0.25, 0.3) is 0 Å². The third kappa shape index (κ3) is 6.78. The normalized spacial score (nSPS) is 10.2. The molecule has 0 saturated carbocycles. The number of benzene rings is 2. The van der Waals surface area contributed by atoms with Gasteiger partial charge >= 0.3 is 11.9 Å². The largest absolute Gasteiger partial charge is 0.462 e. The van der Waals surface area contributed by atoms with E-state index >= 15 is 0 Å². The molecule has 4 nitrogen and oxygen atoms in total. The quantitative estimate of drug-likeness (QED) is 0.254. The molecule has 2 aromatic carbocycles. The topological polar surface area (TPSA) is 52.6 Å². The second kappa shape index (κ2) is 12.3. The number of carbonyl (C=O) groups excluding carboxylic acids is 2. The predicted molar refractivity (Wildman–Crippen MR) is 136 cm³/mol. The van der Waals surface area contributed by atoms with Gasteiger partial charge in [-0.05, 0) is 37.1 Å². The summed E-state index contributed by atoms with van der Waals surface area (Å²) < 4.78 is 10.4. The van der Waals surface area contributed by atoms with E-state index < -0.39 is 0 Å². The Bertz CT molecular complexity index is 1180. The van der Waals surface area contributed by atoms with Crippen molar-refractivity contribution in [1.82, 2.24) is 0 Å². The summed E-state index contributed by atoms with van der Waals surface area (Å²) in [5, 5.41) is 1.83. The Morgan fingerprint density at radius 1 is 0.788 bits per heavy atom. The molecule has 0 fully saturated rings. The van der Waals surface area contributed by atoms with Crippen LogP contribution in [0.3, 0.4) is 0 Å². The molecule has 0 aliphatic rings. The van der Waals surface area contributed by atoms with E-state index in [-0.39, 0.29) is 11.9 Å². The summed E-state index contributed by atoms with van der Waals surface area (Å²) in [6.45, 7) is 4.35. The molecule has 0 radical (unpaired) electrons. The van der Waals surface area contributed by atoms with Crippen LogP contribution in [0.25, 0.3) is 20.9 Å². The first-order valence-electron chi connectivity index (χ1n) is 10.4. The molecule has 0 unspecified atom stereocenters. The van der Waals surface area contributed by atoms with Gasteiger partial charge in [-0.25, -0.2) is 9.59 Å². The van der Waals surface area contributed by atoms with E-state index in [9.17, 15) is 9.59 Å². The summed E-state index contributed by atoms with van der Waals surface area (Å²) in [6, 6.07) is 23.5. The first-order valence-corrected chi connectivity index (χ1v) is 12.4. The smallest absolute Gasteiger partial charge is 0.340 e. The molecule has 0 atom stereocenters. The third-order valence-corrected chi connectivity index (χ3v) is 6.80. The van der Waals surface area contributed by atoms with Crippen molar-refractivity contribution in [3.8, 4) is 20.9 Å². The van der Waals surface area contributed by atoms with E-state index in [2.05, 4.69) is 0 Å². The molecule has 170 valence electrons. The molecular formula is C26H23ClO4S2. The summed E-state index contributed by atoms with van der Waals surface area (Å²) in [7, 11) is 0. The fourth-order valence-corrected chi connectivity index (χ4v) is 5.02. The fourth-order valence-electron chi connectivity index (χ4n) is 2.87. The first-order chi connectivity index (χ1) is 16.0. The maximum Gasteiger partial charge on any atom is 0.340 e. The monoisotopic (exact) mass is 498 g/mol. The van der Waals surface area contributed by atoms with Crippen molar-refractivity contribution >= 4 is 46.2 Å². The van der Waals surface area contributed by atoms with Crippen LogP contribution in [0.1, 0.15) is 34.6 Å². The number of halogens is 1. The molecule has 0 bridgehead atoms. The van der Waals surface area contributed by atoms with Crippen molar-refractivity contribution in [3.63, 3.8) is 0 Å². The number of hydrogen-bond acceptors (Lipinski definition) is 6. The molecule has 0 amide bonds. The minimum Gasteiger partial charge on any atom is -0.462 e. The van der Waals surface area contributed by atoms with E-state index in [0.29, 0.717) is 28.7 Å². The Balaban J connectivity index is 0.000000186. The summed E-state index contributed by atoms with van der Waals surface area (Å²) in [5.41, 5.74) is 3.25. The zero-order valence-corrected chi connectivity index (χ0v) is 20.6. The minimum atomic E-state index is -0.365. The molecule has 0 saturated heterocycles. The summed E-state index contributed by atoms with van der Waals surface area (Å²) >= 11 is 8.99. The summed E-state index contributed by atoms with van der Waals surface area (Å²) in [4.78, 5) is 25.1. The number of ether oxygens (including phenoxy) is 2. The standard InChI is InChI=1S/C13H11ClO2S.C13H12O2S/c1-2-16-13(15)10-8-11(17-12(10)14)9-6-4-3-5-7-9;1-2-15-13(14)11-8-12(16-9-11)10-6-4-3-5-7-10/h3-8H,2H2,1H3;3-9H,2H2,1H3. The van der Waals surface area contributed by atoms with Crippen molar-refractivity contribution in [2.75, 3.05) is 13.2 Å². The SMILES string of the molecule is CCOC(=O)c1cc(-c2ccccc2)sc1Cl.CCOC(=O)c1csc(-c2ccccc2)c1. The van der Waals surface area contributed by atoms with Crippen molar-refractivity contribution in [2.45, 2.75) is 13.8 Å². The van der Waals surface area contributed by atoms with Gasteiger partial charge in [0, 0.05) is 15.1 Å². The van der Waals surface area contributed by atoms with Gasteiger partial charge in [0.1, 0.15) is 4.34 Å². The second-order valence-electron chi connectivity index (χ2n) is 6.67. The highest BCUT2D eigenvalue weighted by atomic mass is 35.5. The highest BCUT2D eigenvalue weighted by Gasteiger charge is 2.16. The highest BCUT2D eigenvalue weighted by molar-refractivity contribution is 7.19. The molecular weight excluding hydrogens is 476 g/mol. The maximum atomic E-state index is 11.6. The van der Waals surface area contributed by atoms with Gasteiger partial charge < -0.3 is 9.47 Å². The summed E-state index contributed by atoms with van der Waals surface area (Å²) in [5.74, 6) is -0.614. The Morgan fingerprint density at radius 3 is 1.91 bits per heavy atom. The zero-order chi connectivity index (χ0) is 23.6. The molecule has 7 heteroatoms. The van der Waals surface area contributed by atoms with Crippen molar-refractivity contribution in [2.24, 2.45) is 0 Å². The maximum absolute atomic E-state index is 11.6. The average molecular weight is 499 g/mol. The van der Waals surface area contributed by atoms with Crippen LogP contribution in [0.15, 0.2) is 78.2 Å². The van der Waals surface area contributed by atoms with Crippen LogP contribution in [0.5, 0.6) is 0 Å². The van der Waals surface area contributed by atoms with Crippen molar-refractivity contribution < 1.29 is 19.1 Å². The molecule has 2 aromatic heterocycles. The van der Waals surface area contributed by atoms with Crippen LogP contribution < -0.4 is 0 Å². The van der Waals surface area contributed by atoms with E-state index in [1.807, 2.05) is 79.0 Å². The molecule has 33 heavy (non-hydrogen) atoms. The Labute approximate surface area is 206 Å². The van der Waals surface area contributed by atoms with E-state index in [4.69, 9.17) is 21.1 Å². The van der Waals surface area contributed by atoms with E-state index in [1.54, 1.807) is 24.3 Å². The van der Waals surface area contributed by atoms with Crippen LogP contribution in [0.4, 0.5) is 0 Å². The predicted octanol–water partition coefficient (Wildman–Crippen LogP) is 7.84.